The normalized spacial score (nSPS) is 10.3. The summed E-state index contributed by atoms with van der Waals surface area (Å²) in [4.78, 5) is 7.99. The molecule has 78 valence electrons. The third-order valence-electron chi connectivity index (χ3n) is 1.86. The van der Waals surface area contributed by atoms with Crippen LogP contribution in [0.15, 0.2) is 24.8 Å². The number of nitrogens with one attached hydrogen (secondary N) is 1. The minimum absolute atomic E-state index is 0.546. The van der Waals surface area contributed by atoms with E-state index in [-0.39, 0.29) is 0 Å². The number of hydrogen-bond acceptors (Lipinski definition) is 4. The van der Waals surface area contributed by atoms with E-state index in [1.165, 1.54) is 0 Å². The first-order valence-corrected chi connectivity index (χ1v) is 4.81. The first-order valence-electron chi connectivity index (χ1n) is 4.43. The molecule has 0 atom stereocenters. The highest BCUT2D eigenvalue weighted by Gasteiger charge is 2.01. The predicted octanol–water partition coefficient (Wildman–Crippen LogP) is 1.48. The van der Waals surface area contributed by atoms with Crippen LogP contribution < -0.4 is 5.32 Å². The van der Waals surface area contributed by atoms with Crippen molar-refractivity contribution in [3.63, 3.8) is 0 Å². The third-order valence-corrected chi connectivity index (χ3v) is 2.16. The van der Waals surface area contributed by atoms with E-state index in [0.717, 1.165) is 11.5 Å². The van der Waals surface area contributed by atoms with Crippen LogP contribution in [0.3, 0.4) is 0 Å². The van der Waals surface area contributed by atoms with Gasteiger partial charge in [-0.2, -0.15) is 5.10 Å². The molecule has 15 heavy (non-hydrogen) atoms. The van der Waals surface area contributed by atoms with Crippen molar-refractivity contribution in [2.24, 2.45) is 7.05 Å². The summed E-state index contributed by atoms with van der Waals surface area (Å²) in [5.74, 6) is 0.727. The SMILES string of the molecule is Cn1cnc(CNc2ccncc2Cl)n1. The summed E-state index contributed by atoms with van der Waals surface area (Å²) in [5, 5.41) is 7.86. The molecule has 0 bridgehead atoms. The lowest BCUT2D eigenvalue weighted by atomic mass is 10.4. The van der Waals surface area contributed by atoms with E-state index in [9.17, 15) is 0 Å². The number of aryl methyl sites for hydroxylation is 1. The van der Waals surface area contributed by atoms with Gasteiger partial charge in [0, 0.05) is 19.4 Å². The zero-order valence-corrected chi connectivity index (χ0v) is 8.94. The Kier molecular flexibility index (Phi) is 2.82. The van der Waals surface area contributed by atoms with Crippen LogP contribution in [-0.4, -0.2) is 19.7 Å². The number of pyridine rings is 1. The molecule has 2 aromatic rings. The van der Waals surface area contributed by atoms with Gasteiger partial charge in [-0.15, -0.1) is 0 Å². The maximum absolute atomic E-state index is 5.92. The van der Waals surface area contributed by atoms with E-state index >= 15 is 0 Å². The number of nitrogens with zero attached hydrogens (tertiary/aromatic N) is 4. The second-order valence-corrected chi connectivity index (χ2v) is 3.45. The van der Waals surface area contributed by atoms with Gasteiger partial charge in [0.05, 0.1) is 17.3 Å². The average molecular weight is 224 g/mol. The van der Waals surface area contributed by atoms with E-state index in [1.807, 2.05) is 13.1 Å². The number of halogens is 1. The summed E-state index contributed by atoms with van der Waals surface area (Å²) >= 11 is 5.92. The van der Waals surface area contributed by atoms with Crippen LogP contribution in [0.2, 0.25) is 5.02 Å². The van der Waals surface area contributed by atoms with Crippen LogP contribution in [-0.2, 0) is 13.6 Å². The Morgan fingerprint density at radius 3 is 3.07 bits per heavy atom. The van der Waals surface area contributed by atoms with Gasteiger partial charge in [0.25, 0.3) is 0 Å². The Hall–Kier alpha value is -1.62. The van der Waals surface area contributed by atoms with Gasteiger partial charge in [0.1, 0.15) is 6.33 Å². The smallest absolute Gasteiger partial charge is 0.169 e. The van der Waals surface area contributed by atoms with E-state index < -0.39 is 0 Å². The second-order valence-electron chi connectivity index (χ2n) is 3.04. The van der Waals surface area contributed by atoms with Crippen molar-refractivity contribution in [2.45, 2.75) is 6.54 Å². The van der Waals surface area contributed by atoms with Crippen molar-refractivity contribution in [3.8, 4) is 0 Å². The summed E-state index contributed by atoms with van der Waals surface area (Å²) in [5.41, 5.74) is 0.833. The monoisotopic (exact) mass is 223 g/mol. The van der Waals surface area contributed by atoms with E-state index in [0.29, 0.717) is 11.6 Å². The minimum Gasteiger partial charge on any atom is -0.376 e. The van der Waals surface area contributed by atoms with Gasteiger partial charge < -0.3 is 5.32 Å². The summed E-state index contributed by atoms with van der Waals surface area (Å²) in [6, 6.07) is 1.81. The lowest BCUT2D eigenvalue weighted by Crippen LogP contribution is -2.02. The lowest BCUT2D eigenvalue weighted by molar-refractivity contribution is 0.747. The zero-order valence-electron chi connectivity index (χ0n) is 8.18. The Morgan fingerprint density at radius 1 is 1.53 bits per heavy atom. The molecule has 0 fully saturated rings. The number of hydrogen-bond donors (Lipinski definition) is 1. The average Bonchev–Trinajstić information content (AvgIpc) is 2.63. The molecule has 0 aromatic carbocycles. The second kappa shape index (κ2) is 4.27. The molecule has 2 heterocycles. The molecule has 0 saturated heterocycles. The van der Waals surface area contributed by atoms with Crippen LogP contribution in [0.5, 0.6) is 0 Å². The first kappa shape index (κ1) is 9.92. The predicted molar refractivity (Wildman–Crippen MR) is 57.6 cm³/mol. The van der Waals surface area contributed by atoms with Gasteiger partial charge >= 0.3 is 0 Å². The van der Waals surface area contributed by atoms with Crippen molar-refractivity contribution in [1.82, 2.24) is 19.7 Å². The highest BCUT2D eigenvalue weighted by atomic mass is 35.5. The fourth-order valence-electron chi connectivity index (χ4n) is 1.16. The molecule has 0 aliphatic heterocycles. The fraction of sp³-hybridized carbons (Fsp3) is 0.222. The Labute approximate surface area is 92.1 Å². The minimum atomic E-state index is 0.546. The summed E-state index contributed by atoms with van der Waals surface area (Å²) in [6.45, 7) is 0.546. The molecule has 6 heteroatoms. The molecular formula is C9H10ClN5. The number of aromatic nitrogens is 4. The van der Waals surface area contributed by atoms with Gasteiger partial charge in [0.15, 0.2) is 5.82 Å². The molecular weight excluding hydrogens is 214 g/mol. The maximum Gasteiger partial charge on any atom is 0.169 e. The van der Waals surface area contributed by atoms with Gasteiger partial charge in [-0.3, -0.25) is 9.67 Å². The molecule has 0 radical (unpaired) electrons. The van der Waals surface area contributed by atoms with Crippen molar-refractivity contribution >= 4 is 17.3 Å². The maximum atomic E-state index is 5.92. The number of anilines is 1. The Bertz CT molecular complexity index is 453. The molecule has 0 saturated carbocycles. The number of rotatable bonds is 3. The van der Waals surface area contributed by atoms with Crippen molar-refractivity contribution in [1.29, 1.82) is 0 Å². The Morgan fingerprint density at radius 2 is 2.40 bits per heavy atom. The summed E-state index contributed by atoms with van der Waals surface area (Å²) in [6.07, 6.45) is 4.93. The molecule has 0 amide bonds. The van der Waals surface area contributed by atoms with Crippen molar-refractivity contribution < 1.29 is 0 Å². The molecule has 2 rings (SSSR count). The van der Waals surface area contributed by atoms with Crippen LogP contribution in [0.1, 0.15) is 5.82 Å². The zero-order chi connectivity index (χ0) is 10.7. The van der Waals surface area contributed by atoms with Gasteiger partial charge in [-0.1, -0.05) is 11.6 Å². The van der Waals surface area contributed by atoms with Crippen LogP contribution >= 0.6 is 11.6 Å². The van der Waals surface area contributed by atoms with Crippen molar-refractivity contribution in [2.75, 3.05) is 5.32 Å². The van der Waals surface area contributed by atoms with Crippen LogP contribution in [0, 0.1) is 0 Å². The largest absolute Gasteiger partial charge is 0.376 e. The fourth-order valence-corrected chi connectivity index (χ4v) is 1.34. The van der Waals surface area contributed by atoms with Gasteiger partial charge in [-0.05, 0) is 6.07 Å². The molecule has 0 aliphatic rings. The first-order chi connectivity index (χ1) is 7.25. The highest BCUT2D eigenvalue weighted by molar-refractivity contribution is 6.33. The highest BCUT2D eigenvalue weighted by Crippen LogP contribution is 2.19. The quantitative estimate of drug-likeness (QED) is 0.856. The Balaban J connectivity index is 2.02. The van der Waals surface area contributed by atoms with Crippen molar-refractivity contribution in [3.05, 3.63) is 35.6 Å². The third kappa shape index (κ3) is 2.44. The lowest BCUT2D eigenvalue weighted by Gasteiger charge is -2.04. The molecule has 0 spiro atoms. The molecule has 0 aliphatic carbocycles. The molecule has 5 nitrogen and oxygen atoms in total. The van der Waals surface area contributed by atoms with Crippen LogP contribution in [0.25, 0.3) is 0 Å². The molecule has 1 N–H and O–H groups in total. The van der Waals surface area contributed by atoms with Gasteiger partial charge in [-0.25, -0.2) is 4.98 Å². The van der Waals surface area contributed by atoms with E-state index in [1.54, 1.807) is 23.4 Å². The van der Waals surface area contributed by atoms with E-state index in [2.05, 4.69) is 20.4 Å². The molecule has 0 unspecified atom stereocenters. The standard InChI is InChI=1S/C9H10ClN5/c1-15-6-13-9(14-15)5-12-8-2-3-11-4-7(8)10/h2-4,6H,5H2,1H3,(H,11,12). The summed E-state index contributed by atoms with van der Waals surface area (Å²) < 4.78 is 1.66. The summed E-state index contributed by atoms with van der Waals surface area (Å²) in [7, 11) is 1.83. The topological polar surface area (TPSA) is 55.6 Å². The molecule has 2 aromatic heterocycles. The van der Waals surface area contributed by atoms with Gasteiger partial charge in [0.2, 0.25) is 0 Å². The van der Waals surface area contributed by atoms with E-state index in [4.69, 9.17) is 11.6 Å². The van der Waals surface area contributed by atoms with Crippen LogP contribution in [0.4, 0.5) is 5.69 Å².